The molecular weight excluding hydrogens is 312 g/mol. The monoisotopic (exact) mass is 322 g/mol. The molecule has 1 aromatic heterocycles. The van der Waals surface area contributed by atoms with Gasteiger partial charge in [0.25, 0.3) is 0 Å². The minimum atomic E-state index is -1.11. The molecule has 0 aliphatic rings. The fraction of sp³-hybridized carbons (Fsp3) is 0.154. The van der Waals surface area contributed by atoms with Gasteiger partial charge in [-0.05, 0) is 43.7 Å². The zero-order valence-electron chi connectivity index (χ0n) is 10.3. The van der Waals surface area contributed by atoms with Crippen LogP contribution in [0, 0.1) is 13.8 Å². The van der Waals surface area contributed by atoms with Crippen LogP contribution < -0.4 is 4.74 Å². The first kappa shape index (κ1) is 13.5. The number of hydrogen-bond acceptors (Lipinski definition) is 4. The van der Waals surface area contributed by atoms with Crippen molar-refractivity contribution in [1.29, 1.82) is 0 Å². The van der Waals surface area contributed by atoms with Gasteiger partial charge in [-0.25, -0.2) is 9.78 Å². The summed E-state index contributed by atoms with van der Waals surface area (Å²) in [7, 11) is 0. The fourth-order valence-corrected chi connectivity index (χ4v) is 2.00. The molecule has 0 atom stereocenters. The van der Waals surface area contributed by atoms with Crippen LogP contribution in [0.5, 0.6) is 11.8 Å². The highest BCUT2D eigenvalue weighted by Crippen LogP contribution is 2.25. The molecular formula is C13H11BrN2O3. The van der Waals surface area contributed by atoms with E-state index in [0.717, 1.165) is 10.0 Å². The van der Waals surface area contributed by atoms with Gasteiger partial charge < -0.3 is 9.84 Å². The summed E-state index contributed by atoms with van der Waals surface area (Å²) in [5.74, 6) is -0.520. The first-order valence-corrected chi connectivity index (χ1v) is 6.28. The third-order valence-corrected chi connectivity index (χ3v) is 2.88. The van der Waals surface area contributed by atoms with E-state index in [1.54, 1.807) is 13.0 Å². The van der Waals surface area contributed by atoms with Gasteiger partial charge in [0.05, 0.1) is 0 Å². The zero-order valence-corrected chi connectivity index (χ0v) is 11.9. The lowest BCUT2D eigenvalue weighted by molar-refractivity contribution is 0.0689. The molecule has 19 heavy (non-hydrogen) atoms. The number of aromatic nitrogens is 2. The Morgan fingerprint density at radius 3 is 2.63 bits per heavy atom. The van der Waals surface area contributed by atoms with E-state index in [2.05, 4.69) is 25.9 Å². The molecule has 2 rings (SSSR count). The molecule has 1 aromatic carbocycles. The summed E-state index contributed by atoms with van der Waals surface area (Å²) in [6, 6.07) is 6.91. The van der Waals surface area contributed by atoms with Crippen molar-refractivity contribution in [3.05, 3.63) is 45.7 Å². The van der Waals surface area contributed by atoms with E-state index in [1.165, 1.54) is 6.07 Å². The average molecular weight is 323 g/mol. The van der Waals surface area contributed by atoms with E-state index in [1.807, 2.05) is 19.1 Å². The molecule has 0 unspecified atom stereocenters. The van der Waals surface area contributed by atoms with E-state index >= 15 is 0 Å². The van der Waals surface area contributed by atoms with E-state index in [-0.39, 0.29) is 11.7 Å². The zero-order chi connectivity index (χ0) is 14.0. The highest BCUT2D eigenvalue weighted by molar-refractivity contribution is 9.10. The number of hydrogen-bond donors (Lipinski definition) is 1. The SMILES string of the molecule is Cc1cc(C(=O)O)nc(Oc2ccc(Br)cc2C)n1. The number of carbonyl (C=O) groups is 1. The fourth-order valence-electron chi connectivity index (χ4n) is 1.52. The smallest absolute Gasteiger partial charge is 0.354 e. The van der Waals surface area contributed by atoms with Crippen molar-refractivity contribution in [3.8, 4) is 11.8 Å². The minimum absolute atomic E-state index is 0.0304. The van der Waals surface area contributed by atoms with Gasteiger partial charge in [-0.3, -0.25) is 0 Å². The topological polar surface area (TPSA) is 72.3 Å². The second-order valence-corrected chi connectivity index (χ2v) is 4.91. The Morgan fingerprint density at radius 2 is 2.00 bits per heavy atom. The molecule has 1 N–H and O–H groups in total. The van der Waals surface area contributed by atoms with Gasteiger partial charge in [0.1, 0.15) is 5.75 Å². The maximum atomic E-state index is 10.9. The van der Waals surface area contributed by atoms with Crippen LogP contribution in [0.3, 0.4) is 0 Å². The second-order valence-electron chi connectivity index (χ2n) is 3.99. The van der Waals surface area contributed by atoms with Gasteiger partial charge in [0.15, 0.2) is 5.69 Å². The van der Waals surface area contributed by atoms with Crippen LogP contribution in [0.4, 0.5) is 0 Å². The van der Waals surface area contributed by atoms with Gasteiger partial charge in [0.2, 0.25) is 0 Å². The molecule has 0 fully saturated rings. The lowest BCUT2D eigenvalue weighted by Gasteiger charge is -2.08. The van der Waals surface area contributed by atoms with Crippen molar-refractivity contribution >= 4 is 21.9 Å². The van der Waals surface area contributed by atoms with Crippen molar-refractivity contribution in [1.82, 2.24) is 9.97 Å². The Morgan fingerprint density at radius 1 is 1.26 bits per heavy atom. The Kier molecular flexibility index (Phi) is 3.80. The van der Waals surface area contributed by atoms with Crippen LogP contribution >= 0.6 is 15.9 Å². The summed E-state index contributed by atoms with van der Waals surface area (Å²) in [5, 5.41) is 8.94. The van der Waals surface area contributed by atoms with Crippen LogP contribution in [0.2, 0.25) is 0 Å². The standard InChI is InChI=1S/C13H11BrN2O3/c1-7-5-9(14)3-4-11(7)19-13-15-8(2)6-10(16-13)12(17)18/h3-6H,1-2H3,(H,17,18). The Labute approximate surface area is 118 Å². The van der Waals surface area contributed by atoms with Gasteiger partial charge in [-0.2, -0.15) is 4.98 Å². The molecule has 0 saturated heterocycles. The highest BCUT2D eigenvalue weighted by Gasteiger charge is 2.11. The molecule has 6 heteroatoms. The highest BCUT2D eigenvalue weighted by atomic mass is 79.9. The number of benzene rings is 1. The number of ether oxygens (including phenoxy) is 1. The Balaban J connectivity index is 2.35. The van der Waals surface area contributed by atoms with Crippen molar-refractivity contribution in [2.75, 3.05) is 0 Å². The molecule has 0 amide bonds. The number of aryl methyl sites for hydroxylation is 2. The number of rotatable bonds is 3. The van der Waals surface area contributed by atoms with Crippen molar-refractivity contribution in [2.24, 2.45) is 0 Å². The van der Waals surface area contributed by atoms with Gasteiger partial charge in [-0.15, -0.1) is 0 Å². The molecule has 0 radical (unpaired) electrons. The molecule has 0 aliphatic carbocycles. The van der Waals surface area contributed by atoms with Gasteiger partial charge >= 0.3 is 12.0 Å². The number of carboxylic acid groups (broad SMARTS) is 1. The number of halogens is 1. The summed E-state index contributed by atoms with van der Waals surface area (Å²) in [4.78, 5) is 18.8. The molecule has 98 valence electrons. The molecule has 0 spiro atoms. The number of aromatic carboxylic acids is 1. The summed E-state index contributed by atoms with van der Waals surface area (Å²) in [5.41, 5.74) is 1.35. The first-order valence-electron chi connectivity index (χ1n) is 5.48. The Bertz CT molecular complexity index is 644. The molecule has 2 aromatic rings. The largest absolute Gasteiger partial charge is 0.477 e. The number of carboxylic acids is 1. The van der Waals surface area contributed by atoms with E-state index < -0.39 is 5.97 Å². The van der Waals surface area contributed by atoms with Crippen LogP contribution in [0.1, 0.15) is 21.7 Å². The maximum absolute atomic E-state index is 10.9. The summed E-state index contributed by atoms with van der Waals surface area (Å²) in [6.45, 7) is 3.57. The van der Waals surface area contributed by atoms with E-state index in [4.69, 9.17) is 9.84 Å². The molecule has 5 nitrogen and oxygen atoms in total. The molecule has 0 saturated carbocycles. The van der Waals surface area contributed by atoms with Gasteiger partial charge in [-0.1, -0.05) is 15.9 Å². The molecule has 0 aliphatic heterocycles. The predicted molar refractivity (Wildman–Crippen MR) is 72.7 cm³/mol. The van der Waals surface area contributed by atoms with Crippen molar-refractivity contribution < 1.29 is 14.6 Å². The van der Waals surface area contributed by atoms with Crippen LogP contribution in [0.25, 0.3) is 0 Å². The summed E-state index contributed by atoms with van der Waals surface area (Å²) in [6.07, 6.45) is 0. The summed E-state index contributed by atoms with van der Waals surface area (Å²) >= 11 is 3.36. The van der Waals surface area contributed by atoms with Crippen LogP contribution in [-0.2, 0) is 0 Å². The molecule has 1 heterocycles. The lowest BCUT2D eigenvalue weighted by atomic mass is 10.2. The third kappa shape index (κ3) is 3.29. The van der Waals surface area contributed by atoms with Gasteiger partial charge in [0, 0.05) is 10.2 Å². The second kappa shape index (κ2) is 5.36. The molecule has 0 bridgehead atoms. The van der Waals surface area contributed by atoms with Crippen LogP contribution in [0.15, 0.2) is 28.7 Å². The normalized spacial score (nSPS) is 10.3. The van der Waals surface area contributed by atoms with E-state index in [9.17, 15) is 4.79 Å². The quantitative estimate of drug-likeness (QED) is 0.938. The minimum Gasteiger partial charge on any atom is -0.477 e. The lowest BCUT2D eigenvalue weighted by Crippen LogP contribution is -2.04. The first-order chi connectivity index (χ1) is 8.95. The predicted octanol–water partition coefficient (Wildman–Crippen LogP) is 3.35. The Hall–Kier alpha value is -1.95. The van der Waals surface area contributed by atoms with Crippen LogP contribution in [-0.4, -0.2) is 21.0 Å². The third-order valence-electron chi connectivity index (χ3n) is 2.39. The van der Waals surface area contributed by atoms with Crippen molar-refractivity contribution in [2.45, 2.75) is 13.8 Å². The van der Waals surface area contributed by atoms with Crippen molar-refractivity contribution in [3.63, 3.8) is 0 Å². The maximum Gasteiger partial charge on any atom is 0.354 e. The summed E-state index contributed by atoms with van der Waals surface area (Å²) < 4.78 is 6.47. The average Bonchev–Trinajstić information content (AvgIpc) is 2.32. The number of nitrogens with zero attached hydrogens (tertiary/aromatic N) is 2. The van der Waals surface area contributed by atoms with E-state index in [0.29, 0.717) is 11.4 Å².